The molecule has 138 valence electrons. The molecule has 26 heavy (non-hydrogen) atoms. The minimum absolute atomic E-state index is 0.0784. The molecular weight excluding hydrogens is 336 g/mol. The maximum Gasteiger partial charge on any atom is 0.269 e. The molecule has 6 heteroatoms. The fraction of sp³-hybridized carbons (Fsp3) is 0.400. The number of carbonyl (C=O) groups excluding carboxylic acids is 2. The van der Waals surface area contributed by atoms with Crippen LogP contribution in [0.25, 0.3) is 16.7 Å². The van der Waals surface area contributed by atoms with Crippen molar-refractivity contribution in [2.75, 3.05) is 0 Å². The van der Waals surface area contributed by atoms with Crippen LogP contribution >= 0.6 is 0 Å². The van der Waals surface area contributed by atoms with E-state index in [0.29, 0.717) is 30.2 Å². The van der Waals surface area contributed by atoms with E-state index in [1.807, 2.05) is 13.8 Å². The van der Waals surface area contributed by atoms with Crippen molar-refractivity contribution in [1.82, 2.24) is 0 Å². The van der Waals surface area contributed by atoms with E-state index in [9.17, 15) is 24.9 Å². The highest BCUT2D eigenvalue weighted by Crippen LogP contribution is 2.44. The summed E-state index contributed by atoms with van der Waals surface area (Å²) in [5.74, 6) is -2.72. The summed E-state index contributed by atoms with van der Waals surface area (Å²) >= 11 is 0. The fourth-order valence-corrected chi connectivity index (χ4v) is 3.34. The number of aliphatic hydroxyl groups excluding tert-OH is 1. The standard InChI is InChI=1S/C20H22O6/c1-3-5-7-10-16(23)14-12-9-13(21)15(22)11(8-6-4-2)19(12)26-20(14)18(25)17(10)24/h9,21-23H,3-8H2,1-2H3. The molecule has 3 rings (SSSR count). The topological polar surface area (TPSA) is 108 Å². The van der Waals surface area contributed by atoms with Crippen LogP contribution in [0.15, 0.2) is 16.1 Å². The molecule has 0 spiro atoms. The van der Waals surface area contributed by atoms with Gasteiger partial charge in [-0.25, -0.2) is 0 Å². The number of fused-ring (bicyclic) bond motifs is 3. The molecule has 1 aliphatic carbocycles. The summed E-state index contributed by atoms with van der Waals surface area (Å²) in [5.41, 5.74) is 0.807. The van der Waals surface area contributed by atoms with Gasteiger partial charge in [-0.15, -0.1) is 0 Å². The molecule has 0 aliphatic heterocycles. The van der Waals surface area contributed by atoms with Crippen LogP contribution < -0.4 is 0 Å². The van der Waals surface area contributed by atoms with E-state index in [4.69, 9.17) is 4.42 Å². The highest BCUT2D eigenvalue weighted by molar-refractivity contribution is 6.52. The van der Waals surface area contributed by atoms with Gasteiger partial charge in [-0.1, -0.05) is 26.7 Å². The zero-order chi connectivity index (χ0) is 19.0. The van der Waals surface area contributed by atoms with Crippen LogP contribution in [0.4, 0.5) is 0 Å². The minimum Gasteiger partial charge on any atom is -0.507 e. The van der Waals surface area contributed by atoms with Gasteiger partial charge in [-0.2, -0.15) is 0 Å². The quantitative estimate of drug-likeness (QED) is 0.521. The Labute approximate surface area is 150 Å². The number of benzene rings is 1. The number of aromatic hydroxyl groups is 2. The van der Waals surface area contributed by atoms with Crippen LogP contribution in [-0.2, 0) is 11.2 Å². The Hall–Kier alpha value is -2.76. The zero-order valence-electron chi connectivity index (χ0n) is 14.9. The molecule has 0 bridgehead atoms. The van der Waals surface area contributed by atoms with Crippen LogP contribution in [0.2, 0.25) is 0 Å². The average Bonchev–Trinajstić information content (AvgIpc) is 2.99. The Balaban J connectivity index is 2.29. The number of unbranched alkanes of at least 4 members (excludes halogenated alkanes) is 2. The molecule has 3 N–H and O–H groups in total. The number of ketones is 2. The molecule has 6 nitrogen and oxygen atoms in total. The number of furan rings is 1. The molecule has 0 saturated heterocycles. The van der Waals surface area contributed by atoms with Gasteiger partial charge >= 0.3 is 0 Å². The first-order chi connectivity index (χ1) is 12.4. The molecular formula is C20H22O6. The van der Waals surface area contributed by atoms with E-state index < -0.39 is 11.6 Å². The van der Waals surface area contributed by atoms with Gasteiger partial charge in [0.1, 0.15) is 11.3 Å². The Morgan fingerprint density at radius 3 is 2.27 bits per heavy atom. The molecule has 0 fully saturated rings. The van der Waals surface area contributed by atoms with Crippen molar-refractivity contribution in [3.8, 4) is 11.5 Å². The van der Waals surface area contributed by atoms with Crippen molar-refractivity contribution >= 4 is 28.3 Å². The normalized spacial score (nSPS) is 14.4. The van der Waals surface area contributed by atoms with Crippen molar-refractivity contribution in [3.05, 3.63) is 28.5 Å². The lowest BCUT2D eigenvalue weighted by atomic mass is 9.89. The molecule has 0 unspecified atom stereocenters. The Kier molecular flexibility index (Phi) is 4.76. The lowest BCUT2D eigenvalue weighted by Crippen LogP contribution is -2.23. The van der Waals surface area contributed by atoms with Crippen LogP contribution in [0, 0.1) is 0 Å². The number of aliphatic hydroxyl groups is 1. The Bertz CT molecular complexity index is 932. The first kappa shape index (κ1) is 18.0. The number of rotatable bonds is 6. The largest absolute Gasteiger partial charge is 0.507 e. The summed E-state index contributed by atoms with van der Waals surface area (Å²) in [6.07, 6.45) is 3.82. The number of allylic oxidation sites excluding steroid dienone is 1. The molecule has 0 amide bonds. The second kappa shape index (κ2) is 6.86. The van der Waals surface area contributed by atoms with Crippen LogP contribution in [0.1, 0.15) is 67.6 Å². The van der Waals surface area contributed by atoms with Crippen molar-refractivity contribution in [1.29, 1.82) is 0 Å². The average molecular weight is 358 g/mol. The summed E-state index contributed by atoms with van der Waals surface area (Å²) < 4.78 is 5.62. The first-order valence-electron chi connectivity index (χ1n) is 8.94. The zero-order valence-corrected chi connectivity index (χ0v) is 14.9. The van der Waals surface area contributed by atoms with Gasteiger partial charge in [-0.3, -0.25) is 9.59 Å². The number of aryl methyl sites for hydroxylation is 1. The van der Waals surface area contributed by atoms with E-state index in [0.717, 1.165) is 19.3 Å². The van der Waals surface area contributed by atoms with Crippen molar-refractivity contribution in [2.45, 2.75) is 52.4 Å². The summed E-state index contributed by atoms with van der Waals surface area (Å²) in [7, 11) is 0. The summed E-state index contributed by atoms with van der Waals surface area (Å²) in [6, 6.07) is 1.26. The number of phenols is 2. The molecule has 0 saturated carbocycles. The number of phenolic OH excluding ortho intramolecular Hbond substituents is 2. The predicted molar refractivity (Wildman–Crippen MR) is 96.6 cm³/mol. The van der Waals surface area contributed by atoms with Gasteiger partial charge in [0, 0.05) is 16.5 Å². The van der Waals surface area contributed by atoms with Gasteiger partial charge in [-0.05, 0) is 31.7 Å². The fourth-order valence-electron chi connectivity index (χ4n) is 3.34. The SMILES string of the molecule is CCCCC1=C(O)c2c(oc3c(CCCC)c(O)c(O)cc23)C(=O)C1=O. The summed E-state index contributed by atoms with van der Waals surface area (Å²) in [4.78, 5) is 24.8. The third kappa shape index (κ3) is 2.66. The molecule has 0 radical (unpaired) electrons. The molecule has 1 aromatic heterocycles. The van der Waals surface area contributed by atoms with Crippen molar-refractivity contribution in [2.24, 2.45) is 0 Å². The Morgan fingerprint density at radius 1 is 0.962 bits per heavy atom. The molecule has 1 heterocycles. The minimum atomic E-state index is -0.805. The van der Waals surface area contributed by atoms with Gasteiger partial charge in [0.25, 0.3) is 5.78 Å². The highest BCUT2D eigenvalue weighted by atomic mass is 16.4. The van der Waals surface area contributed by atoms with Crippen molar-refractivity contribution < 1.29 is 29.3 Å². The molecule has 1 aliphatic rings. The maximum atomic E-state index is 12.5. The van der Waals surface area contributed by atoms with Crippen molar-refractivity contribution in [3.63, 3.8) is 0 Å². The molecule has 1 aromatic carbocycles. The number of hydrogen-bond donors (Lipinski definition) is 3. The first-order valence-corrected chi connectivity index (χ1v) is 8.94. The molecule has 0 atom stereocenters. The van der Waals surface area contributed by atoms with Gasteiger partial charge < -0.3 is 19.7 Å². The maximum absolute atomic E-state index is 12.5. The third-order valence-corrected chi connectivity index (χ3v) is 4.80. The van der Waals surface area contributed by atoms with Crippen LogP contribution in [-0.4, -0.2) is 26.9 Å². The lowest BCUT2D eigenvalue weighted by molar-refractivity contribution is -0.112. The number of hydrogen-bond acceptors (Lipinski definition) is 6. The second-order valence-electron chi connectivity index (χ2n) is 6.60. The molecule has 2 aromatic rings. The van der Waals surface area contributed by atoms with E-state index in [2.05, 4.69) is 0 Å². The number of Topliss-reactive ketones (excluding diaryl/α,β-unsaturated/α-hetero) is 2. The Morgan fingerprint density at radius 2 is 1.62 bits per heavy atom. The van der Waals surface area contributed by atoms with Crippen LogP contribution in [0.3, 0.4) is 0 Å². The van der Waals surface area contributed by atoms with E-state index >= 15 is 0 Å². The third-order valence-electron chi connectivity index (χ3n) is 4.80. The number of carbonyl (C=O) groups is 2. The smallest absolute Gasteiger partial charge is 0.269 e. The van der Waals surface area contributed by atoms with E-state index in [1.54, 1.807) is 0 Å². The monoisotopic (exact) mass is 358 g/mol. The van der Waals surface area contributed by atoms with E-state index in [1.165, 1.54) is 6.07 Å². The predicted octanol–water partition coefficient (Wildman–Crippen LogP) is 4.41. The summed E-state index contributed by atoms with van der Waals surface area (Å²) in [5, 5.41) is 31.3. The van der Waals surface area contributed by atoms with Crippen LogP contribution in [0.5, 0.6) is 11.5 Å². The van der Waals surface area contributed by atoms with Gasteiger partial charge in [0.2, 0.25) is 5.78 Å². The highest BCUT2D eigenvalue weighted by Gasteiger charge is 2.38. The second-order valence-corrected chi connectivity index (χ2v) is 6.60. The lowest BCUT2D eigenvalue weighted by Gasteiger charge is -2.14. The van der Waals surface area contributed by atoms with Gasteiger partial charge in [0.15, 0.2) is 17.3 Å². The van der Waals surface area contributed by atoms with Gasteiger partial charge in [0.05, 0.1) is 5.56 Å². The van der Waals surface area contributed by atoms with E-state index in [-0.39, 0.29) is 39.7 Å². The summed E-state index contributed by atoms with van der Waals surface area (Å²) in [6.45, 7) is 3.94.